The molecule has 3 nitrogen and oxygen atoms in total. The molecule has 2 unspecified atom stereocenters. The Labute approximate surface area is 104 Å². The predicted molar refractivity (Wildman–Crippen MR) is 70.4 cm³/mol. The van der Waals surface area contributed by atoms with Crippen LogP contribution < -0.4 is 5.32 Å². The fourth-order valence-corrected chi connectivity index (χ4v) is 3.82. The average Bonchev–Trinajstić information content (AvgIpc) is 3.08. The second-order valence-corrected chi connectivity index (χ2v) is 5.92. The van der Waals surface area contributed by atoms with E-state index in [0.717, 1.165) is 18.2 Å². The number of nitrogens with zero attached hydrogens (tertiary/aromatic N) is 2. The summed E-state index contributed by atoms with van der Waals surface area (Å²) in [5.74, 6) is 2.00. The quantitative estimate of drug-likeness (QED) is 0.834. The van der Waals surface area contributed by atoms with Gasteiger partial charge in [-0.15, -0.1) is 11.3 Å². The molecule has 3 heterocycles. The Morgan fingerprint density at radius 1 is 1.41 bits per heavy atom. The van der Waals surface area contributed by atoms with E-state index in [1.165, 1.54) is 30.0 Å². The molecule has 4 heteroatoms. The highest BCUT2D eigenvalue weighted by molar-refractivity contribution is 7.13. The number of thiophene rings is 1. The standard InChI is InChI=1S/C13H15N3S/c1-3-9-8-14-13-7-10(12-5-2-6-17-12)15-16(13)11(9)4-1/h2,5-7,9,11,14H,1,3-4,8H2. The topological polar surface area (TPSA) is 29.9 Å². The van der Waals surface area contributed by atoms with E-state index in [2.05, 4.69) is 33.6 Å². The van der Waals surface area contributed by atoms with E-state index in [0.29, 0.717) is 6.04 Å². The first kappa shape index (κ1) is 9.71. The summed E-state index contributed by atoms with van der Waals surface area (Å²) in [6.45, 7) is 1.13. The van der Waals surface area contributed by atoms with Gasteiger partial charge in [0.25, 0.3) is 0 Å². The van der Waals surface area contributed by atoms with Crippen LogP contribution in [-0.4, -0.2) is 16.3 Å². The van der Waals surface area contributed by atoms with E-state index in [-0.39, 0.29) is 0 Å². The Balaban J connectivity index is 1.78. The number of anilines is 1. The number of nitrogens with one attached hydrogen (secondary N) is 1. The molecule has 4 rings (SSSR count). The molecular weight excluding hydrogens is 230 g/mol. The van der Waals surface area contributed by atoms with Gasteiger partial charge in [0.05, 0.1) is 10.9 Å². The second-order valence-electron chi connectivity index (χ2n) is 4.98. The van der Waals surface area contributed by atoms with Gasteiger partial charge in [-0.05, 0) is 30.2 Å². The van der Waals surface area contributed by atoms with Gasteiger partial charge >= 0.3 is 0 Å². The predicted octanol–water partition coefficient (Wildman–Crippen LogP) is 3.38. The van der Waals surface area contributed by atoms with Crippen molar-refractivity contribution in [3.8, 4) is 10.6 Å². The summed E-state index contributed by atoms with van der Waals surface area (Å²) in [6.07, 6.45) is 4.00. The van der Waals surface area contributed by atoms with Crippen LogP contribution in [0.25, 0.3) is 10.6 Å². The zero-order valence-electron chi connectivity index (χ0n) is 9.60. The van der Waals surface area contributed by atoms with E-state index >= 15 is 0 Å². The minimum absolute atomic E-state index is 0.639. The van der Waals surface area contributed by atoms with E-state index in [4.69, 9.17) is 5.10 Å². The summed E-state index contributed by atoms with van der Waals surface area (Å²) in [5, 5.41) is 10.4. The molecule has 0 bridgehead atoms. The van der Waals surface area contributed by atoms with Crippen LogP contribution in [-0.2, 0) is 0 Å². The van der Waals surface area contributed by atoms with Crippen LogP contribution in [0.4, 0.5) is 5.82 Å². The number of hydrogen-bond acceptors (Lipinski definition) is 3. The van der Waals surface area contributed by atoms with Crippen molar-refractivity contribution in [2.75, 3.05) is 11.9 Å². The van der Waals surface area contributed by atoms with Crippen molar-refractivity contribution in [3.63, 3.8) is 0 Å². The van der Waals surface area contributed by atoms with E-state index in [9.17, 15) is 0 Å². The lowest BCUT2D eigenvalue weighted by Gasteiger charge is -2.28. The molecule has 2 aromatic rings. The molecule has 1 saturated carbocycles. The van der Waals surface area contributed by atoms with Crippen LogP contribution in [0.3, 0.4) is 0 Å². The monoisotopic (exact) mass is 245 g/mol. The van der Waals surface area contributed by atoms with E-state index in [1.807, 2.05) is 0 Å². The third-order valence-corrected chi connectivity index (χ3v) is 4.88. The minimum Gasteiger partial charge on any atom is -0.370 e. The first-order valence-corrected chi connectivity index (χ1v) is 7.17. The highest BCUT2D eigenvalue weighted by Gasteiger charge is 2.34. The van der Waals surface area contributed by atoms with Crippen LogP contribution in [0.2, 0.25) is 0 Å². The Morgan fingerprint density at radius 3 is 3.29 bits per heavy atom. The van der Waals surface area contributed by atoms with Gasteiger partial charge in [-0.1, -0.05) is 12.5 Å². The van der Waals surface area contributed by atoms with Crippen molar-refractivity contribution in [1.82, 2.24) is 9.78 Å². The molecule has 2 aliphatic rings. The fraction of sp³-hybridized carbons (Fsp3) is 0.462. The highest BCUT2D eigenvalue weighted by atomic mass is 32.1. The van der Waals surface area contributed by atoms with Crippen LogP contribution in [0.5, 0.6) is 0 Å². The molecule has 1 N–H and O–H groups in total. The molecule has 2 atom stereocenters. The highest BCUT2D eigenvalue weighted by Crippen LogP contribution is 2.41. The Bertz CT molecular complexity index is 529. The van der Waals surface area contributed by atoms with Gasteiger partial charge in [0.1, 0.15) is 11.5 Å². The minimum atomic E-state index is 0.639. The number of hydrogen-bond donors (Lipinski definition) is 1. The summed E-state index contributed by atoms with van der Waals surface area (Å²) in [6, 6.07) is 7.07. The maximum Gasteiger partial charge on any atom is 0.125 e. The van der Waals surface area contributed by atoms with Gasteiger partial charge in [-0.25, -0.2) is 4.68 Å². The molecule has 1 fully saturated rings. The zero-order chi connectivity index (χ0) is 11.2. The SMILES string of the molecule is c1csc(-c2cc3n(n2)C2CCCC2CN3)c1. The maximum absolute atomic E-state index is 4.80. The maximum atomic E-state index is 4.80. The van der Waals surface area contributed by atoms with Crippen LogP contribution >= 0.6 is 11.3 Å². The van der Waals surface area contributed by atoms with Crippen molar-refractivity contribution in [2.45, 2.75) is 25.3 Å². The summed E-state index contributed by atoms with van der Waals surface area (Å²) in [5.41, 5.74) is 1.12. The first-order valence-electron chi connectivity index (χ1n) is 6.29. The summed E-state index contributed by atoms with van der Waals surface area (Å²) in [4.78, 5) is 1.27. The largest absolute Gasteiger partial charge is 0.370 e. The molecule has 0 saturated heterocycles. The Kier molecular flexibility index (Phi) is 2.06. The summed E-state index contributed by atoms with van der Waals surface area (Å²) in [7, 11) is 0. The molecule has 0 radical (unpaired) electrons. The molecule has 2 aromatic heterocycles. The fourth-order valence-electron chi connectivity index (χ4n) is 3.14. The molecule has 1 aliphatic heterocycles. The van der Waals surface area contributed by atoms with E-state index in [1.54, 1.807) is 11.3 Å². The third kappa shape index (κ3) is 1.43. The van der Waals surface area contributed by atoms with Crippen molar-refractivity contribution in [2.24, 2.45) is 5.92 Å². The molecule has 0 aromatic carbocycles. The molecule has 0 spiro atoms. The Hall–Kier alpha value is -1.29. The lowest BCUT2D eigenvalue weighted by Crippen LogP contribution is -2.29. The number of rotatable bonds is 1. The normalized spacial score (nSPS) is 26.4. The molecule has 88 valence electrons. The van der Waals surface area contributed by atoms with Gasteiger partial charge in [0.15, 0.2) is 0 Å². The third-order valence-electron chi connectivity index (χ3n) is 3.99. The molecule has 0 amide bonds. The van der Waals surface area contributed by atoms with Crippen molar-refractivity contribution < 1.29 is 0 Å². The molecule has 1 aliphatic carbocycles. The smallest absolute Gasteiger partial charge is 0.125 e. The van der Waals surface area contributed by atoms with Crippen molar-refractivity contribution in [1.29, 1.82) is 0 Å². The lowest BCUT2D eigenvalue weighted by atomic mass is 10.0. The summed E-state index contributed by atoms with van der Waals surface area (Å²) >= 11 is 1.76. The molecular formula is C13H15N3S. The summed E-state index contributed by atoms with van der Waals surface area (Å²) < 4.78 is 2.23. The van der Waals surface area contributed by atoms with Crippen LogP contribution in [0.15, 0.2) is 23.6 Å². The number of aromatic nitrogens is 2. The van der Waals surface area contributed by atoms with Gasteiger partial charge in [-0.3, -0.25) is 0 Å². The van der Waals surface area contributed by atoms with Crippen molar-refractivity contribution in [3.05, 3.63) is 23.6 Å². The zero-order valence-corrected chi connectivity index (χ0v) is 10.4. The average molecular weight is 245 g/mol. The van der Waals surface area contributed by atoms with Gasteiger partial charge in [0, 0.05) is 12.6 Å². The van der Waals surface area contributed by atoms with Crippen molar-refractivity contribution >= 4 is 17.2 Å². The van der Waals surface area contributed by atoms with Gasteiger partial charge in [-0.2, -0.15) is 5.10 Å². The molecule has 17 heavy (non-hydrogen) atoms. The van der Waals surface area contributed by atoms with Gasteiger partial charge in [0.2, 0.25) is 0 Å². The first-order chi connectivity index (χ1) is 8.42. The van der Waals surface area contributed by atoms with Crippen LogP contribution in [0.1, 0.15) is 25.3 Å². The lowest BCUT2D eigenvalue weighted by molar-refractivity contribution is 0.348. The second kappa shape index (κ2) is 3.60. The Morgan fingerprint density at radius 2 is 2.41 bits per heavy atom. The van der Waals surface area contributed by atoms with Gasteiger partial charge < -0.3 is 5.32 Å². The van der Waals surface area contributed by atoms with E-state index < -0.39 is 0 Å². The van der Waals surface area contributed by atoms with Crippen LogP contribution in [0, 0.1) is 5.92 Å². The number of fused-ring (bicyclic) bond motifs is 3.